The number of nitrogens with zero attached hydrogens (tertiary/aromatic N) is 1. The molecule has 1 aromatic rings. The SMILES string of the molecule is CCCC(C)COc1ccc(N)c(OCC(C)C)n1. The standard InChI is InChI=1S/C15H26N2O2/c1-5-6-12(4)10-18-14-8-7-13(16)15(17-14)19-9-11(2)3/h7-8,11-12H,5-6,9-10,16H2,1-4H3. The van der Waals surface area contributed by atoms with Gasteiger partial charge in [-0.1, -0.05) is 34.1 Å². The molecule has 108 valence electrons. The molecule has 0 amide bonds. The molecule has 2 N–H and O–H groups in total. The number of ether oxygens (including phenoxy) is 2. The summed E-state index contributed by atoms with van der Waals surface area (Å²) in [7, 11) is 0. The lowest BCUT2D eigenvalue weighted by Crippen LogP contribution is -2.11. The van der Waals surface area contributed by atoms with E-state index in [1.54, 1.807) is 12.1 Å². The van der Waals surface area contributed by atoms with E-state index in [4.69, 9.17) is 15.2 Å². The summed E-state index contributed by atoms with van der Waals surface area (Å²) in [4.78, 5) is 4.31. The Balaban J connectivity index is 2.57. The van der Waals surface area contributed by atoms with E-state index in [9.17, 15) is 0 Å². The smallest absolute Gasteiger partial charge is 0.240 e. The number of rotatable bonds is 8. The van der Waals surface area contributed by atoms with Crippen LogP contribution in [-0.4, -0.2) is 18.2 Å². The van der Waals surface area contributed by atoms with E-state index >= 15 is 0 Å². The fraction of sp³-hybridized carbons (Fsp3) is 0.667. The van der Waals surface area contributed by atoms with Crippen molar-refractivity contribution in [2.24, 2.45) is 11.8 Å². The summed E-state index contributed by atoms with van der Waals surface area (Å²) in [6.07, 6.45) is 2.33. The molecule has 0 aliphatic rings. The molecule has 0 radical (unpaired) electrons. The van der Waals surface area contributed by atoms with Crippen molar-refractivity contribution >= 4 is 5.69 Å². The van der Waals surface area contributed by atoms with Crippen molar-refractivity contribution < 1.29 is 9.47 Å². The Kier molecular flexibility index (Phi) is 6.46. The van der Waals surface area contributed by atoms with Gasteiger partial charge in [-0.3, -0.25) is 0 Å². The summed E-state index contributed by atoms with van der Waals surface area (Å²) in [5.74, 6) is 2.02. The topological polar surface area (TPSA) is 57.4 Å². The molecule has 1 aromatic heterocycles. The second kappa shape index (κ2) is 7.87. The molecule has 0 spiro atoms. The molecule has 4 heteroatoms. The summed E-state index contributed by atoms with van der Waals surface area (Å²) in [6.45, 7) is 9.81. The van der Waals surface area contributed by atoms with Gasteiger partial charge in [-0.25, -0.2) is 0 Å². The van der Waals surface area contributed by atoms with Crippen LogP contribution in [0.5, 0.6) is 11.8 Å². The molecular weight excluding hydrogens is 240 g/mol. The molecule has 0 saturated heterocycles. The number of nitrogens with two attached hydrogens (primary N) is 1. The molecule has 0 fully saturated rings. The Labute approximate surface area is 116 Å². The number of aromatic nitrogens is 1. The van der Waals surface area contributed by atoms with E-state index in [-0.39, 0.29) is 0 Å². The summed E-state index contributed by atoms with van der Waals surface area (Å²) < 4.78 is 11.3. The van der Waals surface area contributed by atoms with E-state index in [0.29, 0.717) is 42.5 Å². The Bertz CT molecular complexity index is 380. The third-order valence-corrected chi connectivity index (χ3v) is 2.71. The third kappa shape index (κ3) is 5.81. The van der Waals surface area contributed by atoms with Crippen LogP contribution in [0.25, 0.3) is 0 Å². The summed E-state index contributed by atoms with van der Waals surface area (Å²) in [5, 5.41) is 0. The first kappa shape index (κ1) is 15.6. The lowest BCUT2D eigenvalue weighted by Gasteiger charge is -2.14. The van der Waals surface area contributed by atoms with Crippen LogP contribution < -0.4 is 15.2 Å². The molecule has 1 heterocycles. The zero-order chi connectivity index (χ0) is 14.3. The van der Waals surface area contributed by atoms with Gasteiger partial charge in [-0.05, 0) is 24.3 Å². The minimum absolute atomic E-state index is 0.440. The van der Waals surface area contributed by atoms with Crippen LogP contribution >= 0.6 is 0 Å². The number of pyridine rings is 1. The second-order valence-corrected chi connectivity index (χ2v) is 5.45. The Morgan fingerprint density at radius 1 is 1.16 bits per heavy atom. The van der Waals surface area contributed by atoms with Crippen molar-refractivity contribution in [1.82, 2.24) is 4.98 Å². The van der Waals surface area contributed by atoms with Crippen molar-refractivity contribution in [2.75, 3.05) is 18.9 Å². The molecule has 4 nitrogen and oxygen atoms in total. The van der Waals surface area contributed by atoms with Crippen molar-refractivity contribution in [3.63, 3.8) is 0 Å². The number of hydrogen-bond acceptors (Lipinski definition) is 4. The molecule has 0 aromatic carbocycles. The highest BCUT2D eigenvalue weighted by Crippen LogP contribution is 2.23. The van der Waals surface area contributed by atoms with E-state index in [1.165, 1.54) is 6.42 Å². The Morgan fingerprint density at radius 2 is 1.89 bits per heavy atom. The largest absolute Gasteiger partial charge is 0.477 e. The van der Waals surface area contributed by atoms with Crippen molar-refractivity contribution in [3.8, 4) is 11.8 Å². The maximum atomic E-state index is 5.84. The molecule has 1 unspecified atom stereocenters. The van der Waals surface area contributed by atoms with Gasteiger partial charge in [0.1, 0.15) is 0 Å². The lowest BCUT2D eigenvalue weighted by atomic mass is 10.1. The molecule has 19 heavy (non-hydrogen) atoms. The van der Waals surface area contributed by atoms with Crippen LogP contribution in [0, 0.1) is 11.8 Å². The van der Waals surface area contributed by atoms with Crippen LogP contribution in [0.15, 0.2) is 12.1 Å². The summed E-state index contributed by atoms with van der Waals surface area (Å²) >= 11 is 0. The van der Waals surface area contributed by atoms with E-state index < -0.39 is 0 Å². The number of hydrogen-bond donors (Lipinski definition) is 1. The number of nitrogen functional groups attached to an aromatic ring is 1. The van der Waals surface area contributed by atoms with Crippen LogP contribution in [0.2, 0.25) is 0 Å². The van der Waals surface area contributed by atoms with Gasteiger partial charge in [0.15, 0.2) is 0 Å². The van der Waals surface area contributed by atoms with Gasteiger partial charge in [0.25, 0.3) is 0 Å². The molecule has 1 atom stereocenters. The summed E-state index contributed by atoms with van der Waals surface area (Å²) in [6, 6.07) is 3.57. The van der Waals surface area contributed by atoms with E-state index in [1.807, 2.05) is 0 Å². The fourth-order valence-electron chi connectivity index (χ4n) is 1.68. The zero-order valence-corrected chi connectivity index (χ0v) is 12.5. The fourth-order valence-corrected chi connectivity index (χ4v) is 1.68. The van der Waals surface area contributed by atoms with E-state index in [2.05, 4.69) is 32.7 Å². The quantitative estimate of drug-likeness (QED) is 0.782. The molecule has 1 rings (SSSR count). The zero-order valence-electron chi connectivity index (χ0n) is 12.5. The van der Waals surface area contributed by atoms with Crippen LogP contribution in [-0.2, 0) is 0 Å². The van der Waals surface area contributed by atoms with Gasteiger partial charge in [-0.2, -0.15) is 4.98 Å². The minimum atomic E-state index is 0.440. The predicted octanol–water partition coefficient (Wildman–Crippen LogP) is 3.51. The predicted molar refractivity (Wildman–Crippen MR) is 78.5 cm³/mol. The summed E-state index contributed by atoms with van der Waals surface area (Å²) in [5.41, 5.74) is 6.39. The maximum absolute atomic E-state index is 5.84. The molecular formula is C15H26N2O2. The van der Waals surface area contributed by atoms with Gasteiger partial charge in [0.2, 0.25) is 11.8 Å². The van der Waals surface area contributed by atoms with Gasteiger partial charge in [-0.15, -0.1) is 0 Å². The molecule has 0 saturated carbocycles. The van der Waals surface area contributed by atoms with Crippen LogP contribution in [0.4, 0.5) is 5.69 Å². The Hall–Kier alpha value is -1.45. The highest BCUT2D eigenvalue weighted by molar-refractivity contribution is 5.49. The first-order chi connectivity index (χ1) is 9.02. The monoisotopic (exact) mass is 266 g/mol. The van der Waals surface area contributed by atoms with Crippen LogP contribution in [0.3, 0.4) is 0 Å². The average Bonchev–Trinajstić information content (AvgIpc) is 2.36. The van der Waals surface area contributed by atoms with Crippen molar-refractivity contribution in [3.05, 3.63) is 12.1 Å². The Morgan fingerprint density at radius 3 is 2.53 bits per heavy atom. The molecule has 0 bridgehead atoms. The highest BCUT2D eigenvalue weighted by Gasteiger charge is 2.08. The van der Waals surface area contributed by atoms with Crippen molar-refractivity contribution in [2.45, 2.75) is 40.5 Å². The molecule has 0 aliphatic carbocycles. The van der Waals surface area contributed by atoms with Gasteiger partial charge in [0, 0.05) is 6.07 Å². The average molecular weight is 266 g/mol. The normalized spacial score (nSPS) is 12.5. The lowest BCUT2D eigenvalue weighted by molar-refractivity contribution is 0.230. The third-order valence-electron chi connectivity index (χ3n) is 2.71. The maximum Gasteiger partial charge on any atom is 0.240 e. The van der Waals surface area contributed by atoms with Gasteiger partial charge in [0.05, 0.1) is 18.9 Å². The van der Waals surface area contributed by atoms with Gasteiger partial charge < -0.3 is 15.2 Å². The number of anilines is 1. The minimum Gasteiger partial charge on any atom is -0.477 e. The first-order valence-electron chi connectivity index (χ1n) is 7.05. The van der Waals surface area contributed by atoms with Gasteiger partial charge >= 0.3 is 0 Å². The first-order valence-corrected chi connectivity index (χ1v) is 7.05. The van der Waals surface area contributed by atoms with E-state index in [0.717, 1.165) is 6.42 Å². The van der Waals surface area contributed by atoms with Crippen molar-refractivity contribution in [1.29, 1.82) is 0 Å². The van der Waals surface area contributed by atoms with Crippen LogP contribution in [0.1, 0.15) is 40.5 Å². The molecule has 0 aliphatic heterocycles. The highest BCUT2D eigenvalue weighted by atomic mass is 16.5. The second-order valence-electron chi connectivity index (χ2n) is 5.45.